The Balaban J connectivity index is 1.64. The third-order valence-electron chi connectivity index (χ3n) is 11.2. The summed E-state index contributed by atoms with van der Waals surface area (Å²) in [6, 6.07) is 0. The van der Waals surface area contributed by atoms with E-state index in [1.807, 2.05) is 6.92 Å². The lowest BCUT2D eigenvalue weighted by atomic mass is 9.40. The van der Waals surface area contributed by atoms with Gasteiger partial charge in [0.15, 0.2) is 0 Å². The highest BCUT2D eigenvalue weighted by atomic mass is 16.3. The molecular weight excluding hydrogens is 412 g/mol. The van der Waals surface area contributed by atoms with Crippen molar-refractivity contribution in [2.75, 3.05) is 0 Å². The molecule has 4 saturated carbocycles. The van der Waals surface area contributed by atoms with E-state index in [1.54, 1.807) is 0 Å². The first kappa shape index (κ1) is 25.4. The summed E-state index contributed by atoms with van der Waals surface area (Å²) in [5, 5.41) is 45.3. The molecular formula is C29H48O4. The van der Waals surface area contributed by atoms with E-state index < -0.39 is 23.9 Å². The summed E-state index contributed by atoms with van der Waals surface area (Å²) in [5.41, 5.74) is -0.263. The van der Waals surface area contributed by atoms with Gasteiger partial charge in [-0.15, -0.1) is 0 Å². The number of fused-ring (bicyclic) bond motifs is 5. The number of aliphatic hydroxyl groups excluding tert-OH is 3. The van der Waals surface area contributed by atoms with Gasteiger partial charge < -0.3 is 20.4 Å². The maximum atomic E-state index is 12.4. The van der Waals surface area contributed by atoms with Crippen LogP contribution in [-0.4, -0.2) is 44.3 Å². The quantitative estimate of drug-likeness (QED) is 0.458. The topological polar surface area (TPSA) is 80.9 Å². The molecule has 188 valence electrons. The molecule has 0 unspecified atom stereocenters. The molecule has 0 aliphatic heterocycles. The van der Waals surface area contributed by atoms with Crippen molar-refractivity contribution in [2.24, 2.45) is 52.3 Å². The van der Waals surface area contributed by atoms with Gasteiger partial charge >= 0.3 is 0 Å². The van der Waals surface area contributed by atoms with Crippen LogP contribution in [0.15, 0.2) is 24.3 Å². The second kappa shape index (κ2) is 8.47. The molecule has 33 heavy (non-hydrogen) atoms. The van der Waals surface area contributed by atoms with Crippen molar-refractivity contribution < 1.29 is 20.4 Å². The Kier molecular flexibility index (Phi) is 6.52. The van der Waals surface area contributed by atoms with Crippen LogP contribution in [0, 0.1) is 52.3 Å². The third-order valence-corrected chi connectivity index (χ3v) is 11.2. The summed E-state index contributed by atoms with van der Waals surface area (Å²) in [6.07, 6.45) is 7.11. The molecule has 4 aliphatic carbocycles. The number of rotatable bonds is 4. The summed E-state index contributed by atoms with van der Waals surface area (Å²) in [4.78, 5) is 0. The summed E-state index contributed by atoms with van der Waals surface area (Å²) >= 11 is 0. The van der Waals surface area contributed by atoms with E-state index in [1.165, 1.54) is 0 Å². The van der Waals surface area contributed by atoms with Crippen molar-refractivity contribution in [3.63, 3.8) is 0 Å². The molecule has 0 saturated heterocycles. The average molecular weight is 461 g/mol. The van der Waals surface area contributed by atoms with Gasteiger partial charge in [0.25, 0.3) is 0 Å². The number of hydrogen-bond donors (Lipinski definition) is 4. The third kappa shape index (κ3) is 3.70. The van der Waals surface area contributed by atoms with Crippen molar-refractivity contribution in [2.45, 2.75) is 104 Å². The zero-order valence-corrected chi connectivity index (χ0v) is 21.7. The Labute approximate surface area is 201 Å². The molecule has 4 nitrogen and oxygen atoms in total. The first-order valence-corrected chi connectivity index (χ1v) is 13.4. The molecule has 4 aliphatic rings. The number of hydrogen-bond acceptors (Lipinski definition) is 4. The zero-order valence-electron chi connectivity index (χ0n) is 21.7. The highest BCUT2D eigenvalue weighted by Gasteiger charge is 2.70. The first-order valence-electron chi connectivity index (χ1n) is 13.4. The Morgan fingerprint density at radius 1 is 0.970 bits per heavy atom. The lowest BCUT2D eigenvalue weighted by Gasteiger charge is -2.67. The van der Waals surface area contributed by atoms with Crippen molar-refractivity contribution in [1.82, 2.24) is 0 Å². The van der Waals surface area contributed by atoms with E-state index in [4.69, 9.17) is 0 Å². The molecule has 0 aromatic rings. The van der Waals surface area contributed by atoms with Gasteiger partial charge in [0.05, 0.1) is 23.9 Å². The largest absolute Gasteiger partial charge is 0.393 e. The minimum absolute atomic E-state index is 0.0284. The molecule has 0 bridgehead atoms. The Bertz CT molecular complexity index is 790. The fourth-order valence-corrected chi connectivity index (χ4v) is 9.55. The van der Waals surface area contributed by atoms with Gasteiger partial charge in [-0.3, -0.25) is 0 Å². The van der Waals surface area contributed by atoms with Crippen LogP contribution in [0.25, 0.3) is 0 Å². The van der Waals surface area contributed by atoms with E-state index >= 15 is 0 Å². The average Bonchev–Trinajstić information content (AvgIpc) is 3.06. The highest BCUT2D eigenvalue weighted by molar-refractivity contribution is 5.22. The molecule has 0 radical (unpaired) electrons. The van der Waals surface area contributed by atoms with E-state index in [0.717, 1.165) is 24.8 Å². The maximum Gasteiger partial charge on any atom is 0.0827 e. The second-order valence-electron chi connectivity index (χ2n) is 13.2. The highest BCUT2D eigenvalue weighted by Crippen LogP contribution is 2.70. The standard InChI is InChI=1S/C29H48O4/c1-16(2)17(3)8-9-18(4)20-10-11-24-27(20,6)15-23(31)26-28(7)14-22(30)25(32)19(5)21(28)12-13-29(24,26)33/h8-9,16,18-26,30-33H,3,10-15H2,1-2,4-7H3/b9-8+/t18-,19+,20-,21+,22-,23+,24-,25+,26-,27-,28+,29-/m1/s1. The van der Waals surface area contributed by atoms with Crippen molar-refractivity contribution in [1.29, 1.82) is 0 Å². The van der Waals surface area contributed by atoms with Gasteiger partial charge in [-0.05, 0) is 84.9 Å². The van der Waals surface area contributed by atoms with Crippen LogP contribution in [0.2, 0.25) is 0 Å². The van der Waals surface area contributed by atoms with Gasteiger partial charge in [-0.25, -0.2) is 0 Å². The first-order chi connectivity index (χ1) is 15.3. The molecule has 4 N–H and O–H groups in total. The van der Waals surface area contributed by atoms with E-state index in [9.17, 15) is 20.4 Å². The maximum absolute atomic E-state index is 12.4. The lowest BCUT2D eigenvalue weighted by Crippen LogP contribution is -2.70. The van der Waals surface area contributed by atoms with Crippen molar-refractivity contribution >= 4 is 0 Å². The van der Waals surface area contributed by atoms with Crippen LogP contribution in [-0.2, 0) is 0 Å². The predicted octanol–water partition coefficient (Wildman–Crippen LogP) is 4.71. The van der Waals surface area contributed by atoms with Crippen LogP contribution in [0.1, 0.15) is 80.1 Å². The predicted molar refractivity (Wildman–Crippen MR) is 132 cm³/mol. The fourth-order valence-electron chi connectivity index (χ4n) is 9.55. The zero-order chi connectivity index (χ0) is 24.5. The molecule has 0 spiro atoms. The van der Waals surface area contributed by atoms with E-state index in [2.05, 4.69) is 53.3 Å². The summed E-state index contributed by atoms with van der Waals surface area (Å²) in [6.45, 7) is 17.3. The summed E-state index contributed by atoms with van der Waals surface area (Å²) in [5.74, 6) is 1.30. The van der Waals surface area contributed by atoms with E-state index in [-0.39, 0.29) is 34.5 Å². The molecule has 4 heteroatoms. The normalized spacial score (nSPS) is 52.9. The minimum atomic E-state index is -0.918. The molecule has 4 rings (SSSR count). The monoisotopic (exact) mass is 460 g/mol. The fraction of sp³-hybridized carbons (Fsp3) is 0.862. The van der Waals surface area contributed by atoms with Gasteiger partial charge in [0, 0.05) is 5.92 Å². The Morgan fingerprint density at radius 2 is 1.61 bits per heavy atom. The van der Waals surface area contributed by atoms with E-state index in [0.29, 0.717) is 37.0 Å². The molecule has 0 amide bonds. The van der Waals surface area contributed by atoms with Gasteiger partial charge in [0.1, 0.15) is 0 Å². The number of allylic oxidation sites excluding steroid dienone is 3. The molecule has 12 atom stereocenters. The Morgan fingerprint density at radius 3 is 2.24 bits per heavy atom. The molecule has 0 heterocycles. The van der Waals surface area contributed by atoms with Crippen LogP contribution in [0.4, 0.5) is 0 Å². The summed E-state index contributed by atoms with van der Waals surface area (Å²) < 4.78 is 0. The Hall–Kier alpha value is -0.680. The number of aliphatic hydroxyl groups is 4. The minimum Gasteiger partial charge on any atom is -0.393 e. The molecule has 4 fully saturated rings. The smallest absolute Gasteiger partial charge is 0.0827 e. The lowest BCUT2D eigenvalue weighted by molar-refractivity contribution is -0.276. The van der Waals surface area contributed by atoms with Crippen LogP contribution >= 0.6 is 0 Å². The summed E-state index contributed by atoms with van der Waals surface area (Å²) in [7, 11) is 0. The SMILES string of the molecule is C=C(/C=C/[C@@H](C)[C@H]1CC[C@@H]2[C@]1(C)C[C@H](O)[C@@H]1[C@@]3(C)C[C@@H](O)[C@@H](O)[C@@H](C)[C@@H]3CC[C@@]21O)C(C)C. The van der Waals surface area contributed by atoms with Gasteiger partial charge in [-0.1, -0.05) is 65.8 Å². The second-order valence-corrected chi connectivity index (χ2v) is 13.2. The van der Waals surface area contributed by atoms with Gasteiger partial charge in [-0.2, -0.15) is 0 Å². The molecule has 0 aromatic carbocycles. The van der Waals surface area contributed by atoms with Crippen molar-refractivity contribution in [3.05, 3.63) is 24.3 Å². The van der Waals surface area contributed by atoms with Crippen LogP contribution in [0.5, 0.6) is 0 Å². The van der Waals surface area contributed by atoms with Crippen LogP contribution < -0.4 is 0 Å². The molecule has 0 aromatic heterocycles. The van der Waals surface area contributed by atoms with Crippen LogP contribution in [0.3, 0.4) is 0 Å². The van der Waals surface area contributed by atoms with Gasteiger partial charge in [0.2, 0.25) is 0 Å². The van der Waals surface area contributed by atoms with Crippen molar-refractivity contribution in [3.8, 4) is 0 Å².